The van der Waals surface area contributed by atoms with Gasteiger partial charge in [0.15, 0.2) is 6.61 Å². The number of methoxy groups -OCH3 is 1. The molecule has 0 bridgehead atoms. The van der Waals surface area contributed by atoms with Crippen molar-refractivity contribution in [2.24, 2.45) is 0 Å². The van der Waals surface area contributed by atoms with Gasteiger partial charge in [-0.1, -0.05) is 48.5 Å². The molecule has 0 saturated carbocycles. The lowest BCUT2D eigenvalue weighted by atomic mass is 10.1. The Hall–Kier alpha value is -2.82. The molecule has 0 N–H and O–H groups in total. The molecule has 0 fully saturated rings. The Bertz CT molecular complexity index is 738. The Labute approximate surface area is 160 Å². The van der Waals surface area contributed by atoms with Crippen LogP contribution >= 0.6 is 0 Å². The van der Waals surface area contributed by atoms with Crippen LogP contribution in [0.3, 0.4) is 0 Å². The van der Waals surface area contributed by atoms with Crippen molar-refractivity contribution >= 4 is 11.9 Å². The zero-order valence-electron chi connectivity index (χ0n) is 16.2. The van der Waals surface area contributed by atoms with Gasteiger partial charge in [0.25, 0.3) is 5.91 Å². The maximum Gasteiger partial charge on any atom is 0.307 e. The Balaban J connectivity index is 1.99. The molecule has 1 amide bonds. The summed E-state index contributed by atoms with van der Waals surface area (Å²) in [5.74, 6) is 0.266. The van der Waals surface area contributed by atoms with Crippen LogP contribution in [0.25, 0.3) is 0 Å². The van der Waals surface area contributed by atoms with Crippen LogP contribution in [0.4, 0.5) is 0 Å². The molecule has 0 atom stereocenters. The van der Waals surface area contributed by atoms with Crippen LogP contribution in [0.2, 0.25) is 0 Å². The van der Waals surface area contributed by atoms with Gasteiger partial charge in [-0.05, 0) is 37.0 Å². The van der Waals surface area contributed by atoms with Crippen LogP contribution in [0, 0.1) is 13.8 Å². The van der Waals surface area contributed by atoms with Gasteiger partial charge in [-0.15, -0.1) is 0 Å². The summed E-state index contributed by atoms with van der Waals surface area (Å²) in [5, 5.41) is 0. The van der Waals surface area contributed by atoms with Gasteiger partial charge in [-0.3, -0.25) is 9.59 Å². The first-order valence-corrected chi connectivity index (χ1v) is 9.08. The number of ether oxygens (including phenoxy) is 2. The molecule has 2 aromatic rings. The number of carbonyl (C=O) groups is 2. The van der Waals surface area contributed by atoms with Crippen LogP contribution in [0.5, 0.6) is 5.75 Å². The first kappa shape index (κ1) is 20.5. The summed E-state index contributed by atoms with van der Waals surface area (Å²) in [6.07, 6.45) is 0.886. The third-order valence-electron chi connectivity index (χ3n) is 4.43. The minimum Gasteiger partial charge on any atom is -0.483 e. The van der Waals surface area contributed by atoms with Gasteiger partial charge >= 0.3 is 5.97 Å². The highest BCUT2D eigenvalue weighted by molar-refractivity contribution is 5.78. The first-order chi connectivity index (χ1) is 13.0. The molecule has 2 rings (SSSR count). The number of hydrogen-bond donors (Lipinski definition) is 0. The highest BCUT2D eigenvalue weighted by Gasteiger charge is 2.17. The van der Waals surface area contributed by atoms with E-state index in [2.05, 4.69) is 0 Å². The standard InChI is InChI=1S/C22H27NO4/c1-17-8-7-9-18(2)22(17)27-16-20(24)23(15-13-21(25)26-3)14-12-19-10-5-4-6-11-19/h4-11H,12-16H2,1-3H3. The third kappa shape index (κ3) is 6.44. The quantitative estimate of drug-likeness (QED) is 0.636. The monoisotopic (exact) mass is 369 g/mol. The van der Waals surface area contributed by atoms with Crippen LogP contribution < -0.4 is 4.74 Å². The van der Waals surface area contributed by atoms with Gasteiger partial charge in [0.2, 0.25) is 0 Å². The van der Waals surface area contributed by atoms with Gasteiger partial charge in [0.1, 0.15) is 5.75 Å². The summed E-state index contributed by atoms with van der Waals surface area (Å²) >= 11 is 0. The molecular formula is C22H27NO4. The molecular weight excluding hydrogens is 342 g/mol. The van der Waals surface area contributed by atoms with Crippen LogP contribution in [0.1, 0.15) is 23.1 Å². The maximum absolute atomic E-state index is 12.7. The molecule has 0 aliphatic carbocycles. The minimum absolute atomic E-state index is 0.0539. The Morgan fingerprint density at radius 1 is 0.926 bits per heavy atom. The SMILES string of the molecule is COC(=O)CCN(CCc1ccccc1)C(=O)COc1c(C)cccc1C. The maximum atomic E-state index is 12.7. The predicted octanol–water partition coefficient (Wildman–Crippen LogP) is 3.32. The van der Waals surface area contributed by atoms with Crippen molar-refractivity contribution in [1.82, 2.24) is 4.90 Å². The normalized spacial score (nSPS) is 10.3. The van der Waals surface area contributed by atoms with Crippen LogP contribution in [-0.2, 0) is 20.7 Å². The van der Waals surface area contributed by atoms with E-state index in [4.69, 9.17) is 9.47 Å². The second-order valence-electron chi connectivity index (χ2n) is 6.45. The summed E-state index contributed by atoms with van der Waals surface area (Å²) in [4.78, 5) is 25.9. The number of benzene rings is 2. The van der Waals surface area contributed by atoms with Crippen molar-refractivity contribution in [2.75, 3.05) is 26.8 Å². The number of amides is 1. The van der Waals surface area contributed by atoms with E-state index in [1.807, 2.05) is 62.4 Å². The summed E-state index contributed by atoms with van der Waals surface area (Å²) in [7, 11) is 1.35. The van der Waals surface area contributed by atoms with Crippen molar-refractivity contribution in [1.29, 1.82) is 0 Å². The second-order valence-corrected chi connectivity index (χ2v) is 6.45. The Morgan fingerprint density at radius 3 is 2.22 bits per heavy atom. The number of esters is 1. The van der Waals surface area contributed by atoms with E-state index in [1.165, 1.54) is 7.11 Å². The summed E-state index contributed by atoms with van der Waals surface area (Å²) in [6.45, 7) is 4.69. The van der Waals surface area contributed by atoms with E-state index in [9.17, 15) is 9.59 Å². The second kappa shape index (κ2) is 10.4. The molecule has 144 valence electrons. The van der Waals surface area contributed by atoms with E-state index in [1.54, 1.807) is 4.90 Å². The third-order valence-corrected chi connectivity index (χ3v) is 4.43. The zero-order chi connectivity index (χ0) is 19.6. The fourth-order valence-electron chi connectivity index (χ4n) is 2.85. The van der Waals surface area contributed by atoms with E-state index in [-0.39, 0.29) is 24.9 Å². The summed E-state index contributed by atoms with van der Waals surface area (Å²) in [5.41, 5.74) is 3.13. The molecule has 5 nitrogen and oxygen atoms in total. The molecule has 0 radical (unpaired) electrons. The van der Waals surface area contributed by atoms with Crippen molar-refractivity contribution in [3.8, 4) is 5.75 Å². The minimum atomic E-state index is -0.330. The molecule has 27 heavy (non-hydrogen) atoms. The van der Waals surface area contributed by atoms with E-state index in [0.717, 1.165) is 28.9 Å². The number of rotatable bonds is 9. The van der Waals surface area contributed by atoms with Crippen LogP contribution in [-0.4, -0.2) is 43.6 Å². The lowest BCUT2D eigenvalue weighted by Gasteiger charge is -2.23. The predicted molar refractivity (Wildman–Crippen MR) is 105 cm³/mol. The summed E-state index contributed by atoms with van der Waals surface area (Å²) in [6, 6.07) is 15.8. The smallest absolute Gasteiger partial charge is 0.307 e. The molecule has 0 aliphatic heterocycles. The fraction of sp³-hybridized carbons (Fsp3) is 0.364. The fourth-order valence-corrected chi connectivity index (χ4v) is 2.85. The molecule has 0 unspecified atom stereocenters. The van der Waals surface area contributed by atoms with Gasteiger partial charge in [-0.2, -0.15) is 0 Å². The average molecular weight is 369 g/mol. The van der Waals surface area contributed by atoms with E-state index in [0.29, 0.717) is 13.1 Å². The molecule has 0 saturated heterocycles. The van der Waals surface area contributed by atoms with Crippen molar-refractivity contribution in [3.05, 3.63) is 65.2 Å². The number of para-hydroxylation sites is 1. The average Bonchev–Trinajstić information content (AvgIpc) is 2.68. The topological polar surface area (TPSA) is 55.8 Å². The molecule has 0 heterocycles. The number of carbonyl (C=O) groups excluding carboxylic acids is 2. The van der Waals surface area contributed by atoms with Crippen LogP contribution in [0.15, 0.2) is 48.5 Å². The molecule has 2 aromatic carbocycles. The van der Waals surface area contributed by atoms with E-state index < -0.39 is 0 Å². The van der Waals surface area contributed by atoms with Gasteiger partial charge in [0, 0.05) is 13.1 Å². The molecule has 0 aromatic heterocycles. The van der Waals surface area contributed by atoms with Crippen molar-refractivity contribution < 1.29 is 19.1 Å². The number of nitrogens with zero attached hydrogens (tertiary/aromatic N) is 1. The lowest BCUT2D eigenvalue weighted by molar-refractivity contribution is -0.142. The number of hydrogen-bond acceptors (Lipinski definition) is 4. The largest absolute Gasteiger partial charge is 0.483 e. The molecule has 0 aliphatic rings. The Morgan fingerprint density at radius 2 is 1.59 bits per heavy atom. The lowest BCUT2D eigenvalue weighted by Crippen LogP contribution is -2.38. The first-order valence-electron chi connectivity index (χ1n) is 9.08. The van der Waals surface area contributed by atoms with Crippen molar-refractivity contribution in [2.45, 2.75) is 26.7 Å². The highest BCUT2D eigenvalue weighted by Crippen LogP contribution is 2.22. The molecule has 5 heteroatoms. The zero-order valence-corrected chi connectivity index (χ0v) is 16.2. The van der Waals surface area contributed by atoms with Gasteiger partial charge < -0.3 is 14.4 Å². The highest BCUT2D eigenvalue weighted by atomic mass is 16.5. The summed E-state index contributed by atoms with van der Waals surface area (Å²) < 4.78 is 10.5. The van der Waals surface area contributed by atoms with Gasteiger partial charge in [-0.25, -0.2) is 0 Å². The van der Waals surface area contributed by atoms with Gasteiger partial charge in [0.05, 0.1) is 13.5 Å². The Kier molecular flexibility index (Phi) is 7.86. The molecule has 0 spiro atoms. The number of aryl methyl sites for hydroxylation is 2. The van der Waals surface area contributed by atoms with Crippen molar-refractivity contribution in [3.63, 3.8) is 0 Å². The van der Waals surface area contributed by atoms with E-state index >= 15 is 0 Å².